The van der Waals surface area contributed by atoms with E-state index < -0.39 is 10.8 Å². The zero-order valence-corrected chi connectivity index (χ0v) is 14.7. The van der Waals surface area contributed by atoms with E-state index >= 15 is 0 Å². The van der Waals surface area contributed by atoms with Gasteiger partial charge < -0.3 is 9.64 Å². The van der Waals surface area contributed by atoms with Crippen molar-refractivity contribution in [1.82, 2.24) is 9.88 Å². The molecule has 0 spiro atoms. The number of aromatic nitrogens is 1. The second kappa shape index (κ2) is 7.48. The number of nitro benzene ring substituents is 1. The number of nitrogens with one attached hydrogen (secondary N) is 1. The second-order valence-electron chi connectivity index (χ2n) is 5.52. The van der Waals surface area contributed by atoms with Gasteiger partial charge in [0.25, 0.3) is 11.6 Å². The highest BCUT2D eigenvalue weighted by Crippen LogP contribution is 2.29. The van der Waals surface area contributed by atoms with Gasteiger partial charge in [-0.05, 0) is 13.0 Å². The van der Waals surface area contributed by atoms with Crippen molar-refractivity contribution >= 4 is 34.2 Å². The Balaban J connectivity index is 1.71. The Morgan fingerprint density at radius 3 is 3.00 bits per heavy atom. The molecule has 2 amide bonds. The molecule has 0 radical (unpaired) electrons. The first-order chi connectivity index (χ1) is 12.5. The molecular formula is C16H16N4O5S. The zero-order chi connectivity index (χ0) is 18.7. The molecule has 1 aromatic carbocycles. The van der Waals surface area contributed by atoms with Gasteiger partial charge in [0.2, 0.25) is 0 Å². The number of ether oxygens (including phenoxy) is 1. The summed E-state index contributed by atoms with van der Waals surface area (Å²) in [6.07, 6.45) is 0.214. The van der Waals surface area contributed by atoms with E-state index in [2.05, 4.69) is 10.3 Å². The van der Waals surface area contributed by atoms with Gasteiger partial charge in [-0.3, -0.25) is 20.2 Å². The third-order valence-electron chi connectivity index (χ3n) is 3.80. The lowest BCUT2D eigenvalue weighted by Gasteiger charge is -2.24. The molecule has 2 aromatic rings. The lowest BCUT2D eigenvalue weighted by atomic mass is 10.2. The Kier molecular flexibility index (Phi) is 5.12. The van der Waals surface area contributed by atoms with Crippen LogP contribution in [0.2, 0.25) is 0 Å². The number of hydrogen-bond donors (Lipinski definition) is 1. The molecule has 10 heteroatoms. The monoisotopic (exact) mass is 376 g/mol. The molecule has 1 aliphatic heterocycles. The molecule has 0 atom stereocenters. The molecule has 1 N–H and O–H groups in total. The third-order valence-corrected chi connectivity index (χ3v) is 4.79. The molecule has 9 nitrogen and oxygen atoms in total. The van der Waals surface area contributed by atoms with Crippen LogP contribution in [0, 0.1) is 10.1 Å². The normalized spacial score (nSPS) is 13.0. The first kappa shape index (κ1) is 17.8. The first-order valence-electron chi connectivity index (χ1n) is 7.94. The number of carbonyl (C=O) groups is 2. The van der Waals surface area contributed by atoms with Crippen molar-refractivity contribution in [2.24, 2.45) is 0 Å². The number of nitrogens with zero attached hydrogens (tertiary/aromatic N) is 3. The van der Waals surface area contributed by atoms with Crippen molar-refractivity contribution < 1.29 is 19.2 Å². The molecule has 0 bridgehead atoms. The van der Waals surface area contributed by atoms with Gasteiger partial charge in [-0.15, -0.1) is 0 Å². The molecule has 0 fully saturated rings. The fourth-order valence-electron chi connectivity index (χ4n) is 2.55. The van der Waals surface area contributed by atoms with Crippen LogP contribution in [0.1, 0.15) is 27.9 Å². The van der Waals surface area contributed by atoms with E-state index in [1.807, 2.05) is 0 Å². The highest BCUT2D eigenvalue weighted by Gasteiger charge is 2.25. The molecular weight excluding hydrogens is 360 g/mol. The van der Waals surface area contributed by atoms with Crippen LogP contribution in [0.5, 0.6) is 0 Å². The van der Waals surface area contributed by atoms with Crippen molar-refractivity contribution in [2.75, 3.05) is 18.5 Å². The predicted octanol–water partition coefficient (Wildman–Crippen LogP) is 2.82. The molecule has 0 aliphatic carbocycles. The fraction of sp³-hybridized carbons (Fsp3) is 0.312. The summed E-state index contributed by atoms with van der Waals surface area (Å²) >= 11 is 1.28. The number of hydrogen-bond acceptors (Lipinski definition) is 7. The van der Waals surface area contributed by atoms with Gasteiger partial charge >= 0.3 is 6.09 Å². The van der Waals surface area contributed by atoms with Crippen molar-refractivity contribution in [3.63, 3.8) is 0 Å². The van der Waals surface area contributed by atoms with Crippen LogP contribution in [-0.4, -0.2) is 40.0 Å². The smallest absolute Gasteiger partial charge is 0.410 e. The second-order valence-corrected chi connectivity index (χ2v) is 6.60. The highest BCUT2D eigenvalue weighted by molar-refractivity contribution is 7.15. The number of fused-ring (bicyclic) bond motifs is 1. The van der Waals surface area contributed by atoms with Gasteiger partial charge in [-0.25, -0.2) is 9.78 Å². The molecule has 0 saturated heterocycles. The van der Waals surface area contributed by atoms with Crippen LogP contribution in [0.3, 0.4) is 0 Å². The van der Waals surface area contributed by atoms with E-state index in [4.69, 9.17) is 4.74 Å². The average molecular weight is 376 g/mol. The lowest BCUT2D eigenvalue weighted by Crippen LogP contribution is -2.35. The van der Waals surface area contributed by atoms with Crippen LogP contribution in [0.15, 0.2) is 24.3 Å². The van der Waals surface area contributed by atoms with E-state index in [-0.39, 0.29) is 17.3 Å². The van der Waals surface area contributed by atoms with Crippen LogP contribution in [0.25, 0.3) is 0 Å². The molecule has 1 aromatic heterocycles. The van der Waals surface area contributed by atoms with Crippen LogP contribution in [-0.2, 0) is 17.7 Å². The molecule has 0 unspecified atom stereocenters. The molecule has 26 heavy (non-hydrogen) atoms. The van der Waals surface area contributed by atoms with Crippen LogP contribution < -0.4 is 5.32 Å². The standard InChI is InChI=1S/C16H16N4O5S/c1-2-25-16(22)19-7-6-12-13(9-19)26-15(17-12)18-14(21)10-4-3-5-11(8-10)20(23)24/h3-5,8H,2,6-7,9H2,1H3,(H,17,18,21). The zero-order valence-electron chi connectivity index (χ0n) is 13.9. The summed E-state index contributed by atoms with van der Waals surface area (Å²) in [4.78, 5) is 41.3. The van der Waals surface area contributed by atoms with Crippen molar-refractivity contribution in [3.8, 4) is 0 Å². The molecule has 136 valence electrons. The summed E-state index contributed by atoms with van der Waals surface area (Å²) in [5.41, 5.74) is 0.867. The molecule has 1 aliphatic rings. The number of nitro groups is 1. The van der Waals surface area contributed by atoms with Gasteiger partial charge in [0.15, 0.2) is 5.13 Å². The van der Waals surface area contributed by atoms with E-state index in [1.165, 1.54) is 35.6 Å². The largest absolute Gasteiger partial charge is 0.450 e. The van der Waals surface area contributed by atoms with Crippen LogP contribution >= 0.6 is 11.3 Å². The fourth-order valence-corrected chi connectivity index (χ4v) is 3.57. The van der Waals surface area contributed by atoms with E-state index in [0.717, 1.165) is 10.6 Å². The number of anilines is 1. The summed E-state index contributed by atoms with van der Waals surface area (Å²) in [5, 5.41) is 13.9. The van der Waals surface area contributed by atoms with Gasteiger partial charge in [-0.1, -0.05) is 17.4 Å². The highest BCUT2D eigenvalue weighted by atomic mass is 32.1. The summed E-state index contributed by atoms with van der Waals surface area (Å²) in [6, 6.07) is 5.49. The minimum atomic E-state index is -0.553. The quantitative estimate of drug-likeness (QED) is 0.648. The Morgan fingerprint density at radius 2 is 2.27 bits per heavy atom. The summed E-state index contributed by atoms with van der Waals surface area (Å²) < 4.78 is 5.00. The maximum atomic E-state index is 12.3. The number of thiazole rings is 1. The number of benzene rings is 1. The van der Waals surface area contributed by atoms with Crippen molar-refractivity contribution in [2.45, 2.75) is 19.9 Å². The Bertz CT molecular complexity index is 866. The number of non-ortho nitro benzene ring substituents is 1. The topological polar surface area (TPSA) is 115 Å². The predicted molar refractivity (Wildman–Crippen MR) is 94.3 cm³/mol. The Labute approximate surface area is 152 Å². The van der Waals surface area contributed by atoms with E-state index in [9.17, 15) is 19.7 Å². The average Bonchev–Trinajstić information content (AvgIpc) is 3.03. The number of rotatable bonds is 4. The first-order valence-corrected chi connectivity index (χ1v) is 8.75. The molecule has 0 saturated carbocycles. The summed E-state index contributed by atoms with van der Waals surface area (Å²) in [7, 11) is 0. The van der Waals surface area contributed by atoms with Gasteiger partial charge in [0.1, 0.15) is 0 Å². The maximum Gasteiger partial charge on any atom is 0.410 e. The van der Waals surface area contributed by atoms with Crippen LogP contribution in [0.4, 0.5) is 15.6 Å². The van der Waals surface area contributed by atoms with E-state index in [0.29, 0.717) is 31.2 Å². The Morgan fingerprint density at radius 1 is 1.46 bits per heavy atom. The van der Waals surface area contributed by atoms with Crippen molar-refractivity contribution in [1.29, 1.82) is 0 Å². The minimum absolute atomic E-state index is 0.152. The summed E-state index contributed by atoms with van der Waals surface area (Å²) in [5.74, 6) is -0.470. The third kappa shape index (κ3) is 3.80. The number of carbonyl (C=O) groups excluding carboxylic acids is 2. The Hall–Kier alpha value is -3.01. The van der Waals surface area contributed by atoms with Gasteiger partial charge in [-0.2, -0.15) is 0 Å². The summed E-state index contributed by atoms with van der Waals surface area (Å²) in [6.45, 7) is 2.96. The minimum Gasteiger partial charge on any atom is -0.450 e. The molecule has 2 heterocycles. The SMILES string of the molecule is CCOC(=O)N1CCc2nc(NC(=O)c3cccc([N+](=O)[O-])c3)sc2C1. The lowest BCUT2D eigenvalue weighted by molar-refractivity contribution is -0.384. The van der Waals surface area contributed by atoms with Gasteiger partial charge in [0, 0.05) is 35.5 Å². The molecule has 3 rings (SSSR count). The maximum absolute atomic E-state index is 12.3. The van der Waals surface area contributed by atoms with Gasteiger partial charge in [0.05, 0.1) is 23.8 Å². The number of amides is 2. The van der Waals surface area contributed by atoms with E-state index in [1.54, 1.807) is 11.8 Å². The van der Waals surface area contributed by atoms with Crippen molar-refractivity contribution in [3.05, 3.63) is 50.5 Å².